The quantitative estimate of drug-likeness (QED) is 0.865. The predicted octanol–water partition coefficient (Wildman–Crippen LogP) is 2.77. The van der Waals surface area contributed by atoms with Crippen molar-refractivity contribution in [2.45, 2.75) is 32.5 Å². The highest BCUT2D eigenvalue weighted by Crippen LogP contribution is 2.24. The molecule has 0 spiro atoms. The number of benzene rings is 1. The molecule has 0 saturated heterocycles. The highest BCUT2D eigenvalue weighted by Gasteiger charge is 2.22. The van der Waals surface area contributed by atoms with Crippen LogP contribution in [-0.2, 0) is 16.0 Å². The molecule has 5 heteroatoms. The van der Waals surface area contributed by atoms with Crippen LogP contribution in [0.5, 0.6) is 5.75 Å². The van der Waals surface area contributed by atoms with Gasteiger partial charge in [-0.1, -0.05) is 11.6 Å². The summed E-state index contributed by atoms with van der Waals surface area (Å²) < 4.78 is 10.5. The van der Waals surface area contributed by atoms with E-state index in [4.69, 9.17) is 26.2 Å². The number of halogens is 1. The molecule has 0 fully saturated rings. The topological polar surface area (TPSA) is 55.8 Å². The van der Waals surface area contributed by atoms with Crippen LogP contribution in [0.25, 0.3) is 0 Å². The van der Waals surface area contributed by atoms with Crippen LogP contribution >= 0.6 is 11.6 Å². The van der Waals surface area contributed by atoms with Gasteiger partial charge in [0, 0.05) is 11.4 Å². The molecule has 0 bridgehead atoms. The van der Waals surface area contributed by atoms with Gasteiger partial charge < -0.3 is 14.6 Å². The number of carboxylic acid groups (broad SMARTS) is 1. The highest BCUT2D eigenvalue weighted by molar-refractivity contribution is 6.30. The van der Waals surface area contributed by atoms with Gasteiger partial charge in [0.25, 0.3) is 0 Å². The van der Waals surface area contributed by atoms with Crippen LogP contribution in [0.1, 0.15) is 19.4 Å². The van der Waals surface area contributed by atoms with Crippen molar-refractivity contribution < 1.29 is 19.4 Å². The van der Waals surface area contributed by atoms with E-state index in [1.165, 1.54) is 7.11 Å². The molecule has 0 saturated carbocycles. The largest absolute Gasteiger partial charge is 0.496 e. The van der Waals surface area contributed by atoms with Crippen molar-refractivity contribution in [1.82, 2.24) is 0 Å². The zero-order chi connectivity index (χ0) is 13.7. The lowest BCUT2D eigenvalue weighted by Crippen LogP contribution is -2.29. The predicted molar refractivity (Wildman–Crippen MR) is 69.4 cm³/mol. The summed E-state index contributed by atoms with van der Waals surface area (Å²) in [6, 6.07) is 5.11. The first kappa shape index (κ1) is 14.8. The molecule has 0 amide bonds. The first-order valence-corrected chi connectivity index (χ1v) is 6.02. The molecule has 0 radical (unpaired) electrons. The normalized spacial score (nSPS) is 12.5. The van der Waals surface area contributed by atoms with Crippen molar-refractivity contribution in [2.24, 2.45) is 0 Å². The van der Waals surface area contributed by atoms with Gasteiger partial charge in [0.2, 0.25) is 0 Å². The van der Waals surface area contributed by atoms with Crippen molar-refractivity contribution in [3.8, 4) is 5.75 Å². The van der Waals surface area contributed by atoms with E-state index < -0.39 is 12.1 Å². The molecule has 1 rings (SSSR count). The molecule has 0 aromatic heterocycles. The first-order valence-electron chi connectivity index (χ1n) is 5.64. The number of aliphatic carboxylic acids is 1. The second-order valence-electron chi connectivity index (χ2n) is 4.17. The Hall–Kier alpha value is -1.26. The zero-order valence-electron chi connectivity index (χ0n) is 10.6. The number of rotatable bonds is 6. The second kappa shape index (κ2) is 6.61. The van der Waals surface area contributed by atoms with Crippen LogP contribution in [0.3, 0.4) is 0 Å². The number of hydrogen-bond acceptors (Lipinski definition) is 3. The van der Waals surface area contributed by atoms with E-state index in [1.807, 2.05) is 0 Å². The van der Waals surface area contributed by atoms with Crippen molar-refractivity contribution in [3.63, 3.8) is 0 Å². The smallest absolute Gasteiger partial charge is 0.333 e. The van der Waals surface area contributed by atoms with Crippen LogP contribution in [0.2, 0.25) is 5.02 Å². The lowest BCUT2D eigenvalue weighted by molar-refractivity contribution is -0.153. The second-order valence-corrected chi connectivity index (χ2v) is 4.61. The molecule has 1 aromatic carbocycles. The van der Waals surface area contributed by atoms with Crippen LogP contribution in [0.4, 0.5) is 0 Å². The van der Waals surface area contributed by atoms with Crippen LogP contribution < -0.4 is 4.74 Å². The summed E-state index contributed by atoms with van der Waals surface area (Å²) in [5, 5.41) is 9.66. The Labute approximate surface area is 111 Å². The van der Waals surface area contributed by atoms with E-state index >= 15 is 0 Å². The molecule has 100 valence electrons. The fourth-order valence-electron chi connectivity index (χ4n) is 1.63. The minimum Gasteiger partial charge on any atom is -0.496 e. The van der Waals surface area contributed by atoms with E-state index in [0.717, 1.165) is 5.56 Å². The molecule has 4 nitrogen and oxygen atoms in total. The Kier molecular flexibility index (Phi) is 5.44. The van der Waals surface area contributed by atoms with Crippen LogP contribution in [0.15, 0.2) is 18.2 Å². The van der Waals surface area contributed by atoms with Crippen molar-refractivity contribution in [2.75, 3.05) is 7.11 Å². The van der Waals surface area contributed by atoms with Gasteiger partial charge in [-0.25, -0.2) is 4.79 Å². The molecule has 0 aliphatic carbocycles. The molecule has 1 atom stereocenters. The van der Waals surface area contributed by atoms with E-state index in [1.54, 1.807) is 32.0 Å². The Balaban J connectivity index is 2.92. The molecule has 1 N–H and O–H groups in total. The lowest BCUT2D eigenvalue weighted by atomic mass is 10.1. The van der Waals surface area contributed by atoms with Crippen LogP contribution in [-0.4, -0.2) is 30.4 Å². The Bertz CT molecular complexity index is 417. The van der Waals surface area contributed by atoms with Gasteiger partial charge in [0.1, 0.15) is 5.75 Å². The SMILES string of the molecule is COc1ccc(Cl)cc1C[C@H](OC(C)C)C(=O)O. The summed E-state index contributed by atoms with van der Waals surface area (Å²) in [6.45, 7) is 3.59. The van der Waals surface area contributed by atoms with E-state index in [9.17, 15) is 4.79 Å². The minimum absolute atomic E-state index is 0.156. The molecular formula is C13H17ClO4. The maximum Gasteiger partial charge on any atom is 0.333 e. The summed E-state index contributed by atoms with van der Waals surface area (Å²) in [5.41, 5.74) is 0.720. The first-order chi connectivity index (χ1) is 8.43. The highest BCUT2D eigenvalue weighted by atomic mass is 35.5. The Morgan fingerprint density at radius 2 is 2.11 bits per heavy atom. The Morgan fingerprint density at radius 1 is 1.44 bits per heavy atom. The third-order valence-electron chi connectivity index (χ3n) is 2.36. The third-order valence-corrected chi connectivity index (χ3v) is 2.59. The van der Waals surface area contributed by atoms with Gasteiger partial charge in [-0.3, -0.25) is 0 Å². The molecule has 0 aliphatic rings. The van der Waals surface area contributed by atoms with Gasteiger partial charge in [-0.05, 0) is 37.6 Å². The average Bonchev–Trinajstić information content (AvgIpc) is 2.27. The average molecular weight is 273 g/mol. The van der Waals surface area contributed by atoms with E-state index in [0.29, 0.717) is 10.8 Å². The maximum absolute atomic E-state index is 11.1. The van der Waals surface area contributed by atoms with Gasteiger partial charge in [-0.15, -0.1) is 0 Å². The standard InChI is InChI=1S/C13H17ClO4/c1-8(2)18-12(13(15)16)7-9-6-10(14)4-5-11(9)17-3/h4-6,8,12H,7H2,1-3H3,(H,15,16)/t12-/m0/s1. The molecule has 1 aromatic rings. The number of methoxy groups -OCH3 is 1. The van der Waals surface area contributed by atoms with Gasteiger partial charge >= 0.3 is 5.97 Å². The summed E-state index contributed by atoms with van der Waals surface area (Å²) >= 11 is 5.90. The monoisotopic (exact) mass is 272 g/mol. The van der Waals surface area contributed by atoms with Gasteiger partial charge in [-0.2, -0.15) is 0 Å². The van der Waals surface area contributed by atoms with Crippen molar-refractivity contribution in [1.29, 1.82) is 0 Å². The minimum atomic E-state index is -0.995. The fraction of sp³-hybridized carbons (Fsp3) is 0.462. The number of carboxylic acids is 1. The van der Waals surface area contributed by atoms with Crippen molar-refractivity contribution >= 4 is 17.6 Å². The molecule has 0 unspecified atom stereocenters. The van der Waals surface area contributed by atoms with Crippen molar-refractivity contribution in [3.05, 3.63) is 28.8 Å². The fourth-order valence-corrected chi connectivity index (χ4v) is 1.82. The van der Waals surface area contributed by atoms with E-state index in [-0.39, 0.29) is 12.5 Å². The molecule has 0 aliphatic heterocycles. The molecule has 18 heavy (non-hydrogen) atoms. The molecule has 0 heterocycles. The number of hydrogen-bond donors (Lipinski definition) is 1. The summed E-state index contributed by atoms with van der Waals surface area (Å²) in [5.74, 6) is -0.385. The number of carbonyl (C=O) groups is 1. The summed E-state index contributed by atoms with van der Waals surface area (Å²) in [6.07, 6.45) is -0.842. The summed E-state index contributed by atoms with van der Waals surface area (Å²) in [7, 11) is 1.53. The van der Waals surface area contributed by atoms with Gasteiger partial charge in [0.05, 0.1) is 13.2 Å². The zero-order valence-corrected chi connectivity index (χ0v) is 11.4. The summed E-state index contributed by atoms with van der Waals surface area (Å²) in [4.78, 5) is 11.1. The molecular weight excluding hydrogens is 256 g/mol. The Morgan fingerprint density at radius 3 is 2.61 bits per heavy atom. The lowest BCUT2D eigenvalue weighted by Gasteiger charge is -2.18. The number of ether oxygens (including phenoxy) is 2. The van der Waals surface area contributed by atoms with E-state index in [2.05, 4.69) is 0 Å². The van der Waals surface area contributed by atoms with Gasteiger partial charge in [0.15, 0.2) is 6.10 Å². The van der Waals surface area contributed by atoms with Crippen LogP contribution in [0, 0.1) is 0 Å². The maximum atomic E-state index is 11.1. The third kappa shape index (κ3) is 4.20.